The summed E-state index contributed by atoms with van der Waals surface area (Å²) in [5.41, 5.74) is 7.96. The lowest BCUT2D eigenvalue weighted by Gasteiger charge is -2.43. The van der Waals surface area contributed by atoms with E-state index in [0.29, 0.717) is 19.6 Å². The standard InChI is InChI=1S/C22H34N4O2/c1-16-6-4-5-7-18(16)21(28)24-17-8-12-26(13-9-17)20(27)14-25-11-10-19(23)22(2,3)15-25/h4-7,17,19H,8-15,23H2,1-3H3,(H,24,28). The highest BCUT2D eigenvalue weighted by molar-refractivity contribution is 5.95. The zero-order valence-corrected chi connectivity index (χ0v) is 17.4. The number of rotatable bonds is 4. The van der Waals surface area contributed by atoms with E-state index in [1.54, 1.807) is 0 Å². The Morgan fingerprint density at radius 2 is 1.82 bits per heavy atom. The van der Waals surface area contributed by atoms with Crippen molar-refractivity contribution in [1.82, 2.24) is 15.1 Å². The fourth-order valence-electron chi connectivity index (χ4n) is 4.28. The van der Waals surface area contributed by atoms with E-state index in [4.69, 9.17) is 5.73 Å². The van der Waals surface area contributed by atoms with Gasteiger partial charge in [0.2, 0.25) is 5.91 Å². The molecular formula is C22H34N4O2. The topological polar surface area (TPSA) is 78.7 Å². The lowest BCUT2D eigenvalue weighted by molar-refractivity contribution is -0.134. The van der Waals surface area contributed by atoms with Crippen molar-refractivity contribution in [3.63, 3.8) is 0 Å². The first kappa shape index (κ1) is 20.8. The van der Waals surface area contributed by atoms with Gasteiger partial charge in [0.25, 0.3) is 5.91 Å². The van der Waals surface area contributed by atoms with Gasteiger partial charge in [0.05, 0.1) is 6.54 Å². The van der Waals surface area contributed by atoms with Crippen LogP contribution in [-0.2, 0) is 4.79 Å². The second kappa shape index (κ2) is 8.62. The van der Waals surface area contributed by atoms with E-state index < -0.39 is 0 Å². The summed E-state index contributed by atoms with van der Waals surface area (Å²) < 4.78 is 0. The van der Waals surface area contributed by atoms with Crippen LogP contribution in [0.25, 0.3) is 0 Å². The smallest absolute Gasteiger partial charge is 0.251 e. The fourth-order valence-corrected chi connectivity index (χ4v) is 4.28. The molecule has 154 valence electrons. The van der Waals surface area contributed by atoms with Crippen LogP contribution in [0.5, 0.6) is 0 Å². The number of benzene rings is 1. The molecule has 2 saturated heterocycles. The van der Waals surface area contributed by atoms with Gasteiger partial charge in [-0.2, -0.15) is 0 Å². The molecule has 28 heavy (non-hydrogen) atoms. The number of hydrogen-bond acceptors (Lipinski definition) is 4. The Morgan fingerprint density at radius 1 is 1.14 bits per heavy atom. The van der Waals surface area contributed by atoms with Crippen LogP contribution in [-0.4, -0.2) is 66.4 Å². The zero-order valence-electron chi connectivity index (χ0n) is 17.4. The van der Waals surface area contributed by atoms with Crippen molar-refractivity contribution < 1.29 is 9.59 Å². The Balaban J connectivity index is 1.45. The number of nitrogens with zero attached hydrogens (tertiary/aromatic N) is 2. The van der Waals surface area contributed by atoms with Gasteiger partial charge in [-0.05, 0) is 43.2 Å². The summed E-state index contributed by atoms with van der Waals surface area (Å²) in [6.45, 7) is 9.93. The molecule has 0 spiro atoms. The number of carbonyl (C=O) groups is 2. The summed E-state index contributed by atoms with van der Waals surface area (Å²) >= 11 is 0. The summed E-state index contributed by atoms with van der Waals surface area (Å²) in [5.74, 6) is 0.171. The molecule has 1 atom stereocenters. The first-order valence-electron chi connectivity index (χ1n) is 10.4. The third-order valence-electron chi connectivity index (χ3n) is 6.32. The Bertz CT molecular complexity index is 710. The molecule has 0 aliphatic carbocycles. The van der Waals surface area contributed by atoms with E-state index >= 15 is 0 Å². The van der Waals surface area contributed by atoms with Gasteiger partial charge in [-0.15, -0.1) is 0 Å². The molecule has 3 rings (SSSR count). The molecule has 2 fully saturated rings. The van der Waals surface area contributed by atoms with Crippen molar-refractivity contribution in [2.75, 3.05) is 32.7 Å². The van der Waals surface area contributed by atoms with Crippen molar-refractivity contribution in [3.8, 4) is 0 Å². The van der Waals surface area contributed by atoms with E-state index in [2.05, 4.69) is 24.1 Å². The molecule has 0 saturated carbocycles. The number of aryl methyl sites for hydroxylation is 1. The summed E-state index contributed by atoms with van der Waals surface area (Å²) in [4.78, 5) is 29.4. The predicted molar refractivity (Wildman–Crippen MR) is 111 cm³/mol. The maximum absolute atomic E-state index is 12.7. The maximum Gasteiger partial charge on any atom is 0.251 e. The zero-order chi connectivity index (χ0) is 20.3. The van der Waals surface area contributed by atoms with Gasteiger partial charge in [-0.25, -0.2) is 0 Å². The quantitative estimate of drug-likeness (QED) is 0.827. The van der Waals surface area contributed by atoms with Gasteiger partial charge in [-0.1, -0.05) is 32.0 Å². The van der Waals surface area contributed by atoms with Crippen LogP contribution in [0.2, 0.25) is 0 Å². The first-order chi connectivity index (χ1) is 13.3. The number of amides is 2. The van der Waals surface area contributed by atoms with Crippen LogP contribution in [0.3, 0.4) is 0 Å². The Morgan fingerprint density at radius 3 is 2.46 bits per heavy atom. The Kier molecular flexibility index (Phi) is 6.40. The van der Waals surface area contributed by atoms with Crippen molar-refractivity contribution in [3.05, 3.63) is 35.4 Å². The fraction of sp³-hybridized carbons (Fsp3) is 0.636. The SMILES string of the molecule is Cc1ccccc1C(=O)NC1CCN(C(=O)CN2CCC(N)C(C)(C)C2)CC1. The number of nitrogens with two attached hydrogens (primary N) is 1. The van der Waals surface area contributed by atoms with Crippen LogP contribution in [0.15, 0.2) is 24.3 Å². The van der Waals surface area contributed by atoms with Crippen molar-refractivity contribution in [2.24, 2.45) is 11.1 Å². The highest BCUT2D eigenvalue weighted by Gasteiger charge is 2.35. The minimum Gasteiger partial charge on any atom is -0.349 e. The van der Waals surface area contributed by atoms with Crippen molar-refractivity contribution in [1.29, 1.82) is 0 Å². The molecule has 0 aromatic heterocycles. The van der Waals surface area contributed by atoms with E-state index in [9.17, 15) is 9.59 Å². The molecule has 0 bridgehead atoms. The van der Waals surface area contributed by atoms with Crippen LogP contribution < -0.4 is 11.1 Å². The minimum atomic E-state index is -0.0187. The number of piperidine rings is 2. The highest BCUT2D eigenvalue weighted by atomic mass is 16.2. The number of carbonyl (C=O) groups excluding carboxylic acids is 2. The highest BCUT2D eigenvalue weighted by Crippen LogP contribution is 2.27. The molecule has 2 heterocycles. The maximum atomic E-state index is 12.7. The van der Waals surface area contributed by atoms with Gasteiger partial charge < -0.3 is 16.0 Å². The number of nitrogens with one attached hydrogen (secondary N) is 1. The molecule has 1 aromatic carbocycles. The van der Waals surface area contributed by atoms with Gasteiger partial charge in [0.15, 0.2) is 0 Å². The van der Waals surface area contributed by atoms with Crippen LogP contribution in [0.1, 0.15) is 49.0 Å². The minimum absolute atomic E-state index is 0.0187. The third-order valence-corrected chi connectivity index (χ3v) is 6.32. The Labute approximate surface area is 168 Å². The molecule has 3 N–H and O–H groups in total. The number of likely N-dealkylation sites (tertiary alicyclic amines) is 2. The molecule has 2 aliphatic rings. The average Bonchev–Trinajstić information content (AvgIpc) is 2.65. The summed E-state index contributed by atoms with van der Waals surface area (Å²) in [7, 11) is 0. The van der Waals surface area contributed by atoms with Crippen molar-refractivity contribution >= 4 is 11.8 Å². The predicted octanol–water partition coefficient (Wildman–Crippen LogP) is 1.78. The van der Waals surface area contributed by atoms with E-state index in [1.807, 2.05) is 36.1 Å². The van der Waals surface area contributed by atoms with Crippen LogP contribution in [0.4, 0.5) is 0 Å². The van der Waals surface area contributed by atoms with Gasteiger partial charge >= 0.3 is 0 Å². The second-order valence-corrected chi connectivity index (χ2v) is 9.04. The van der Waals surface area contributed by atoms with Gasteiger partial charge in [0, 0.05) is 43.8 Å². The van der Waals surface area contributed by atoms with Gasteiger partial charge in [-0.3, -0.25) is 14.5 Å². The normalized spacial score (nSPS) is 23.4. The lowest BCUT2D eigenvalue weighted by atomic mass is 9.80. The summed E-state index contributed by atoms with van der Waals surface area (Å²) in [5, 5.41) is 3.13. The second-order valence-electron chi connectivity index (χ2n) is 9.04. The third kappa shape index (κ3) is 4.92. The molecule has 1 unspecified atom stereocenters. The lowest BCUT2D eigenvalue weighted by Crippen LogP contribution is -2.55. The number of hydrogen-bond donors (Lipinski definition) is 2. The molecule has 2 aliphatic heterocycles. The molecule has 6 nitrogen and oxygen atoms in total. The summed E-state index contributed by atoms with van der Waals surface area (Å²) in [6.07, 6.45) is 2.55. The first-order valence-corrected chi connectivity index (χ1v) is 10.4. The average molecular weight is 387 g/mol. The largest absolute Gasteiger partial charge is 0.349 e. The van der Waals surface area contributed by atoms with Crippen LogP contribution in [0, 0.1) is 12.3 Å². The molecule has 1 aromatic rings. The van der Waals surface area contributed by atoms with Crippen LogP contribution >= 0.6 is 0 Å². The molecule has 6 heteroatoms. The van der Waals surface area contributed by atoms with E-state index in [0.717, 1.165) is 43.5 Å². The Hall–Kier alpha value is -1.92. The van der Waals surface area contributed by atoms with E-state index in [1.165, 1.54) is 0 Å². The summed E-state index contributed by atoms with van der Waals surface area (Å²) in [6, 6.07) is 7.96. The van der Waals surface area contributed by atoms with E-state index in [-0.39, 0.29) is 29.3 Å². The molecule has 0 radical (unpaired) electrons. The molecular weight excluding hydrogens is 352 g/mol. The van der Waals surface area contributed by atoms with Crippen molar-refractivity contribution in [2.45, 2.75) is 52.1 Å². The molecule has 2 amide bonds. The van der Waals surface area contributed by atoms with Gasteiger partial charge in [0.1, 0.15) is 0 Å². The monoisotopic (exact) mass is 386 g/mol.